The van der Waals surface area contributed by atoms with Crippen LogP contribution in [0.15, 0.2) is 54.6 Å². The molecule has 0 bridgehead atoms. The minimum Gasteiger partial charge on any atom is -0.325 e. The van der Waals surface area contributed by atoms with Crippen molar-refractivity contribution in [3.63, 3.8) is 0 Å². The number of nitrogens with one attached hydrogen (secondary N) is 2. The third-order valence-corrected chi connectivity index (χ3v) is 7.65. The largest absolute Gasteiger partial charge is 0.325 e. The molecular weight excluding hydrogens is 398 g/mol. The summed E-state index contributed by atoms with van der Waals surface area (Å²) in [5, 5.41) is 3.06. The molecule has 0 saturated carbocycles. The van der Waals surface area contributed by atoms with E-state index in [1.807, 2.05) is 48.5 Å². The monoisotopic (exact) mass is 430 g/mol. The molecule has 1 aliphatic rings. The molecule has 3 rings (SSSR count). The number of quaternary nitrogens is 1. The number of carbonyl (C=O) groups is 1. The van der Waals surface area contributed by atoms with E-state index in [9.17, 15) is 13.2 Å². The average molecular weight is 431 g/mol. The van der Waals surface area contributed by atoms with E-state index in [1.165, 1.54) is 0 Å². The number of rotatable bonds is 8. The number of amides is 1. The van der Waals surface area contributed by atoms with E-state index in [2.05, 4.69) is 25.2 Å². The van der Waals surface area contributed by atoms with Gasteiger partial charge in [0, 0.05) is 5.69 Å². The molecular formula is C23H32N3O3S+. The summed E-state index contributed by atoms with van der Waals surface area (Å²) in [6.07, 6.45) is 1.01. The van der Waals surface area contributed by atoms with Crippen LogP contribution < -0.4 is 10.2 Å². The molecule has 1 heterocycles. The molecule has 0 spiro atoms. The summed E-state index contributed by atoms with van der Waals surface area (Å²) in [6, 6.07) is 17.2. The Labute approximate surface area is 179 Å². The Kier molecular flexibility index (Phi) is 7.64. The van der Waals surface area contributed by atoms with Crippen molar-refractivity contribution in [2.75, 3.05) is 38.0 Å². The molecule has 1 amide bonds. The maximum atomic E-state index is 12.7. The zero-order valence-corrected chi connectivity index (χ0v) is 18.6. The van der Waals surface area contributed by atoms with E-state index in [-0.39, 0.29) is 11.7 Å². The molecule has 30 heavy (non-hydrogen) atoms. The fraction of sp³-hybridized carbons (Fsp3) is 0.435. The van der Waals surface area contributed by atoms with Crippen LogP contribution in [0.1, 0.15) is 37.3 Å². The summed E-state index contributed by atoms with van der Waals surface area (Å²) >= 11 is 0. The van der Waals surface area contributed by atoms with Gasteiger partial charge in [0.15, 0.2) is 6.54 Å². The lowest BCUT2D eigenvalue weighted by Gasteiger charge is -2.31. The Morgan fingerprint density at radius 2 is 1.70 bits per heavy atom. The third-order valence-electron chi connectivity index (χ3n) is 5.80. The predicted octanol–water partition coefficient (Wildman–Crippen LogP) is 1.87. The lowest BCUT2D eigenvalue weighted by atomic mass is 9.97. The minimum absolute atomic E-state index is 0.0239. The fourth-order valence-electron chi connectivity index (χ4n) is 3.82. The van der Waals surface area contributed by atoms with Gasteiger partial charge in [-0.25, -0.2) is 8.42 Å². The Morgan fingerprint density at radius 3 is 2.37 bits per heavy atom. The summed E-state index contributed by atoms with van der Waals surface area (Å²) in [6.45, 7) is 6.80. The minimum atomic E-state index is -3.34. The maximum absolute atomic E-state index is 12.7. The van der Waals surface area contributed by atoms with Gasteiger partial charge < -0.3 is 10.2 Å². The summed E-state index contributed by atoms with van der Waals surface area (Å²) in [5.74, 6) is 0.379. The van der Waals surface area contributed by atoms with Crippen molar-refractivity contribution < 1.29 is 18.1 Å². The van der Waals surface area contributed by atoms with Gasteiger partial charge in [0.05, 0.1) is 31.9 Å². The Hall–Kier alpha value is -2.22. The van der Waals surface area contributed by atoms with Crippen molar-refractivity contribution in [3.8, 4) is 0 Å². The van der Waals surface area contributed by atoms with Crippen molar-refractivity contribution in [3.05, 3.63) is 65.7 Å². The molecule has 2 N–H and O–H groups in total. The number of para-hydroxylation sites is 1. The van der Waals surface area contributed by atoms with Crippen LogP contribution in [0.25, 0.3) is 0 Å². The lowest BCUT2D eigenvalue weighted by molar-refractivity contribution is -0.895. The topological polar surface area (TPSA) is 70.9 Å². The van der Waals surface area contributed by atoms with Crippen molar-refractivity contribution in [2.45, 2.75) is 31.9 Å². The number of benzene rings is 2. The molecule has 162 valence electrons. The van der Waals surface area contributed by atoms with Crippen LogP contribution in [-0.2, 0) is 20.6 Å². The number of anilines is 1. The quantitative estimate of drug-likeness (QED) is 0.672. The van der Waals surface area contributed by atoms with E-state index in [0.717, 1.165) is 28.1 Å². The van der Waals surface area contributed by atoms with Crippen molar-refractivity contribution >= 4 is 21.6 Å². The molecule has 0 radical (unpaired) electrons. The van der Waals surface area contributed by atoms with Crippen LogP contribution in [0.4, 0.5) is 5.69 Å². The van der Waals surface area contributed by atoms with Gasteiger partial charge in [-0.2, -0.15) is 4.31 Å². The Balaban J connectivity index is 1.52. The first-order chi connectivity index (χ1) is 14.4. The summed E-state index contributed by atoms with van der Waals surface area (Å²) in [4.78, 5) is 13.7. The number of carbonyl (C=O) groups excluding carboxylic acids is 1. The highest BCUT2D eigenvalue weighted by Gasteiger charge is 2.30. The van der Waals surface area contributed by atoms with Gasteiger partial charge in [-0.1, -0.05) is 62.4 Å². The fourth-order valence-corrected chi connectivity index (χ4v) is 5.35. The second-order valence-corrected chi connectivity index (χ2v) is 9.98. The summed E-state index contributed by atoms with van der Waals surface area (Å²) in [7, 11) is -3.34. The van der Waals surface area contributed by atoms with E-state index in [0.29, 0.717) is 38.6 Å². The average Bonchev–Trinajstić information content (AvgIpc) is 2.74. The standard InChI is InChI=1S/C23H31N3O3S/c1-3-19(2)21-11-7-8-12-22(21)24-23(27)17-25-13-15-26(16-14-25)30(28,29)18-20-9-5-4-6-10-20/h4-12,19H,3,13-18H2,1-2H3,(H,24,27)/p+1/t19-/m0/s1. The molecule has 0 aromatic heterocycles. The number of hydrogen-bond acceptors (Lipinski definition) is 3. The molecule has 7 heteroatoms. The van der Waals surface area contributed by atoms with Gasteiger partial charge in [0.1, 0.15) is 0 Å². The maximum Gasteiger partial charge on any atom is 0.279 e. The highest BCUT2D eigenvalue weighted by atomic mass is 32.2. The Morgan fingerprint density at radius 1 is 1.07 bits per heavy atom. The summed E-state index contributed by atoms with van der Waals surface area (Å²) < 4.78 is 26.9. The molecule has 1 atom stereocenters. The van der Waals surface area contributed by atoms with Gasteiger partial charge in [-0.05, 0) is 29.5 Å². The second-order valence-electron chi connectivity index (χ2n) is 8.01. The van der Waals surface area contributed by atoms with Crippen LogP contribution in [0.5, 0.6) is 0 Å². The van der Waals surface area contributed by atoms with Gasteiger partial charge in [0.25, 0.3) is 5.91 Å². The van der Waals surface area contributed by atoms with Crippen molar-refractivity contribution in [1.29, 1.82) is 0 Å². The van der Waals surface area contributed by atoms with Gasteiger partial charge in [-0.3, -0.25) is 4.79 Å². The van der Waals surface area contributed by atoms with E-state index in [1.54, 1.807) is 4.31 Å². The first-order valence-electron chi connectivity index (χ1n) is 10.6. The van der Waals surface area contributed by atoms with E-state index >= 15 is 0 Å². The molecule has 6 nitrogen and oxygen atoms in total. The molecule has 0 unspecified atom stereocenters. The first kappa shape index (κ1) is 22.5. The van der Waals surface area contributed by atoms with Crippen LogP contribution in [0.2, 0.25) is 0 Å². The van der Waals surface area contributed by atoms with Crippen LogP contribution in [-0.4, -0.2) is 51.4 Å². The molecule has 0 aliphatic carbocycles. The van der Waals surface area contributed by atoms with Gasteiger partial charge in [0.2, 0.25) is 10.0 Å². The van der Waals surface area contributed by atoms with Crippen LogP contribution in [0.3, 0.4) is 0 Å². The van der Waals surface area contributed by atoms with E-state index < -0.39 is 10.0 Å². The third kappa shape index (κ3) is 5.90. The predicted molar refractivity (Wildman–Crippen MR) is 120 cm³/mol. The second kappa shape index (κ2) is 10.2. The molecule has 1 fully saturated rings. The molecule has 1 aliphatic heterocycles. The smallest absolute Gasteiger partial charge is 0.279 e. The summed E-state index contributed by atoms with van der Waals surface area (Å²) in [5.41, 5.74) is 2.83. The normalized spacial score (nSPS) is 16.9. The van der Waals surface area contributed by atoms with E-state index in [4.69, 9.17) is 0 Å². The van der Waals surface area contributed by atoms with Gasteiger partial charge in [-0.15, -0.1) is 0 Å². The van der Waals surface area contributed by atoms with Crippen molar-refractivity contribution in [2.24, 2.45) is 0 Å². The van der Waals surface area contributed by atoms with Crippen LogP contribution in [0, 0.1) is 0 Å². The number of hydrogen-bond donors (Lipinski definition) is 2. The highest BCUT2D eigenvalue weighted by Crippen LogP contribution is 2.26. The zero-order valence-electron chi connectivity index (χ0n) is 17.8. The molecule has 1 saturated heterocycles. The number of nitrogens with zero attached hydrogens (tertiary/aromatic N) is 1. The molecule has 2 aromatic carbocycles. The Bertz CT molecular complexity index is 939. The number of sulfonamides is 1. The molecule has 2 aromatic rings. The SMILES string of the molecule is CC[C@H](C)c1ccccc1NC(=O)C[NH+]1CCN(S(=O)(=O)Cc2ccccc2)CC1. The van der Waals surface area contributed by atoms with Crippen LogP contribution >= 0.6 is 0 Å². The van der Waals surface area contributed by atoms with Crippen molar-refractivity contribution in [1.82, 2.24) is 4.31 Å². The number of piperazine rings is 1. The lowest BCUT2D eigenvalue weighted by Crippen LogP contribution is -3.15. The zero-order chi connectivity index (χ0) is 21.6. The van der Waals surface area contributed by atoms with Gasteiger partial charge >= 0.3 is 0 Å². The first-order valence-corrected chi connectivity index (χ1v) is 12.2. The highest BCUT2D eigenvalue weighted by molar-refractivity contribution is 7.88.